The number of halogens is 1. The largest absolute Gasteiger partial charge is 0.353 e. The molecule has 1 amide bonds. The van der Waals surface area contributed by atoms with Crippen LogP contribution in [-0.2, 0) is 14.8 Å². The van der Waals surface area contributed by atoms with E-state index in [0.717, 1.165) is 19.3 Å². The molecule has 2 aliphatic rings. The summed E-state index contributed by atoms with van der Waals surface area (Å²) in [7, 11) is -3.09. The number of carbonyl (C=O) groups is 1. The number of nitrogens with two attached hydrogens (primary N) is 1. The summed E-state index contributed by atoms with van der Waals surface area (Å²) in [4.78, 5) is 12.0. The number of sulfonamides is 1. The quantitative estimate of drug-likeness (QED) is 0.766. The van der Waals surface area contributed by atoms with Gasteiger partial charge in [-0.15, -0.1) is 12.4 Å². The van der Waals surface area contributed by atoms with Gasteiger partial charge in [-0.3, -0.25) is 4.79 Å². The van der Waals surface area contributed by atoms with E-state index in [0.29, 0.717) is 38.3 Å². The number of amides is 1. The number of hydrogen-bond donors (Lipinski definition) is 2. The maximum atomic E-state index is 12.0. The van der Waals surface area contributed by atoms with Crippen LogP contribution in [0.4, 0.5) is 0 Å². The van der Waals surface area contributed by atoms with Gasteiger partial charge >= 0.3 is 0 Å². The van der Waals surface area contributed by atoms with Gasteiger partial charge in [0.15, 0.2) is 0 Å². The van der Waals surface area contributed by atoms with Crippen LogP contribution in [0.15, 0.2) is 0 Å². The lowest BCUT2D eigenvalue weighted by molar-refractivity contribution is -0.123. The first-order valence-electron chi connectivity index (χ1n) is 7.95. The van der Waals surface area contributed by atoms with Crippen LogP contribution < -0.4 is 11.1 Å². The van der Waals surface area contributed by atoms with Crippen molar-refractivity contribution in [2.75, 3.05) is 18.8 Å². The van der Waals surface area contributed by atoms with E-state index in [1.54, 1.807) is 6.92 Å². The summed E-state index contributed by atoms with van der Waals surface area (Å²) in [5, 5.41) is 3.04. The Morgan fingerprint density at radius 1 is 1.23 bits per heavy atom. The summed E-state index contributed by atoms with van der Waals surface area (Å²) in [5.74, 6) is 0.517. The fourth-order valence-corrected chi connectivity index (χ4v) is 4.44. The van der Waals surface area contributed by atoms with Crippen molar-refractivity contribution in [1.29, 1.82) is 0 Å². The molecule has 22 heavy (non-hydrogen) atoms. The highest BCUT2D eigenvalue weighted by atomic mass is 35.5. The predicted molar refractivity (Wildman–Crippen MR) is 89.4 cm³/mol. The summed E-state index contributed by atoms with van der Waals surface area (Å²) >= 11 is 0. The highest BCUT2D eigenvalue weighted by molar-refractivity contribution is 7.89. The van der Waals surface area contributed by atoms with Crippen molar-refractivity contribution in [3.63, 3.8) is 0 Å². The van der Waals surface area contributed by atoms with Gasteiger partial charge in [0.25, 0.3) is 0 Å². The molecule has 2 rings (SSSR count). The lowest BCUT2D eigenvalue weighted by Crippen LogP contribution is -2.47. The molecule has 6 nitrogen and oxygen atoms in total. The van der Waals surface area contributed by atoms with Crippen LogP contribution in [-0.4, -0.2) is 49.6 Å². The van der Waals surface area contributed by atoms with Crippen molar-refractivity contribution in [3.8, 4) is 0 Å². The van der Waals surface area contributed by atoms with Crippen LogP contribution in [0.2, 0.25) is 0 Å². The van der Waals surface area contributed by atoms with E-state index < -0.39 is 10.0 Å². The minimum absolute atomic E-state index is 0. The van der Waals surface area contributed by atoms with E-state index in [9.17, 15) is 13.2 Å². The molecule has 1 heterocycles. The molecule has 0 spiro atoms. The first-order chi connectivity index (χ1) is 9.92. The average molecular weight is 354 g/mol. The fraction of sp³-hybridized carbons (Fsp3) is 0.929. The van der Waals surface area contributed by atoms with Crippen LogP contribution >= 0.6 is 12.4 Å². The van der Waals surface area contributed by atoms with Crippen molar-refractivity contribution in [1.82, 2.24) is 9.62 Å². The Morgan fingerprint density at radius 3 is 2.36 bits per heavy atom. The third kappa shape index (κ3) is 5.08. The number of rotatable bonds is 5. The number of piperidine rings is 1. The lowest BCUT2D eigenvalue weighted by atomic mass is 9.99. The summed E-state index contributed by atoms with van der Waals surface area (Å²) in [6, 6.07) is 0.255. The zero-order chi connectivity index (χ0) is 15.5. The normalized spacial score (nSPS) is 27.4. The molecular formula is C14H28ClN3O3S. The van der Waals surface area contributed by atoms with Crippen molar-refractivity contribution < 1.29 is 13.2 Å². The zero-order valence-corrected chi connectivity index (χ0v) is 14.8. The summed E-state index contributed by atoms with van der Waals surface area (Å²) in [5.41, 5.74) is 5.99. The van der Waals surface area contributed by atoms with E-state index in [2.05, 4.69) is 5.32 Å². The zero-order valence-electron chi connectivity index (χ0n) is 13.2. The molecule has 0 aromatic carbocycles. The standard InChI is InChI=1S/C14H27N3O3S.ClH/c1-2-21(19,20)17-8-6-12(7-9-17)16-14(18)10-11-4-3-5-13(11)15;/h11-13H,2-10,15H2,1H3,(H,16,18);1H/t11-,13+;/m0./s1. The first kappa shape index (κ1) is 19.7. The van der Waals surface area contributed by atoms with Crippen molar-refractivity contribution in [2.24, 2.45) is 11.7 Å². The molecule has 0 bridgehead atoms. The van der Waals surface area contributed by atoms with Crippen LogP contribution in [0.3, 0.4) is 0 Å². The summed E-state index contributed by atoms with van der Waals surface area (Å²) < 4.78 is 25.1. The Hall–Kier alpha value is -0.370. The van der Waals surface area contributed by atoms with Gasteiger partial charge in [0.1, 0.15) is 0 Å². The molecule has 0 unspecified atom stereocenters. The number of hydrogen-bond acceptors (Lipinski definition) is 4. The lowest BCUT2D eigenvalue weighted by Gasteiger charge is -2.31. The number of nitrogens with one attached hydrogen (secondary N) is 1. The first-order valence-corrected chi connectivity index (χ1v) is 9.56. The van der Waals surface area contributed by atoms with E-state index >= 15 is 0 Å². The van der Waals surface area contributed by atoms with Gasteiger partial charge < -0.3 is 11.1 Å². The predicted octanol–water partition coefficient (Wildman–Crippen LogP) is 0.856. The maximum absolute atomic E-state index is 12.0. The van der Waals surface area contributed by atoms with E-state index in [1.165, 1.54) is 4.31 Å². The molecular weight excluding hydrogens is 326 g/mol. The van der Waals surface area contributed by atoms with Gasteiger partial charge in [-0.1, -0.05) is 6.42 Å². The topological polar surface area (TPSA) is 92.5 Å². The second-order valence-corrected chi connectivity index (χ2v) is 8.46. The fourth-order valence-electron chi connectivity index (χ4n) is 3.30. The van der Waals surface area contributed by atoms with Gasteiger partial charge in [-0.25, -0.2) is 12.7 Å². The second-order valence-electron chi connectivity index (χ2n) is 6.20. The Balaban J connectivity index is 0.00000242. The third-order valence-electron chi connectivity index (χ3n) is 4.74. The van der Waals surface area contributed by atoms with Gasteiger partial charge in [0.2, 0.25) is 15.9 Å². The van der Waals surface area contributed by atoms with Crippen LogP contribution in [0.1, 0.15) is 45.4 Å². The Labute approximate surface area is 139 Å². The molecule has 3 N–H and O–H groups in total. The minimum atomic E-state index is -3.09. The maximum Gasteiger partial charge on any atom is 0.220 e. The van der Waals surface area contributed by atoms with E-state index in [4.69, 9.17) is 5.73 Å². The molecule has 2 atom stereocenters. The van der Waals surface area contributed by atoms with Gasteiger partial charge in [0, 0.05) is 31.6 Å². The molecule has 0 radical (unpaired) electrons. The second kappa shape index (κ2) is 8.47. The summed E-state index contributed by atoms with van der Waals surface area (Å²) in [6.45, 7) is 2.67. The van der Waals surface area contributed by atoms with E-state index in [-0.39, 0.29) is 36.2 Å². The van der Waals surface area contributed by atoms with Gasteiger partial charge in [0.05, 0.1) is 5.75 Å². The Bertz CT molecular complexity index is 464. The molecule has 130 valence electrons. The van der Waals surface area contributed by atoms with Gasteiger partial charge in [-0.05, 0) is 38.5 Å². The minimum Gasteiger partial charge on any atom is -0.353 e. The third-order valence-corrected chi connectivity index (χ3v) is 6.62. The van der Waals surface area contributed by atoms with Crippen LogP contribution in [0, 0.1) is 5.92 Å². The average Bonchev–Trinajstić information content (AvgIpc) is 2.85. The smallest absolute Gasteiger partial charge is 0.220 e. The molecule has 0 aromatic rings. The Morgan fingerprint density at radius 2 is 1.86 bits per heavy atom. The molecule has 1 saturated carbocycles. The molecule has 8 heteroatoms. The molecule has 2 fully saturated rings. The highest BCUT2D eigenvalue weighted by Crippen LogP contribution is 2.26. The van der Waals surface area contributed by atoms with Crippen molar-refractivity contribution >= 4 is 28.3 Å². The number of nitrogens with zero attached hydrogens (tertiary/aromatic N) is 1. The monoisotopic (exact) mass is 353 g/mol. The Kier molecular flexibility index (Phi) is 7.58. The van der Waals surface area contributed by atoms with Crippen molar-refractivity contribution in [3.05, 3.63) is 0 Å². The van der Waals surface area contributed by atoms with Gasteiger partial charge in [-0.2, -0.15) is 0 Å². The number of carbonyl (C=O) groups excluding carboxylic acids is 1. The van der Waals surface area contributed by atoms with E-state index in [1.807, 2.05) is 0 Å². The molecule has 1 aliphatic heterocycles. The summed E-state index contributed by atoms with van der Waals surface area (Å²) in [6.07, 6.45) is 5.08. The molecule has 1 aliphatic carbocycles. The van der Waals surface area contributed by atoms with Crippen LogP contribution in [0.5, 0.6) is 0 Å². The molecule has 1 saturated heterocycles. The highest BCUT2D eigenvalue weighted by Gasteiger charge is 2.29. The van der Waals surface area contributed by atoms with Crippen molar-refractivity contribution in [2.45, 2.75) is 57.5 Å². The molecule has 0 aromatic heterocycles. The SMILES string of the molecule is CCS(=O)(=O)N1CCC(NC(=O)C[C@@H]2CCC[C@H]2N)CC1.Cl. The van der Waals surface area contributed by atoms with Crippen LogP contribution in [0.25, 0.3) is 0 Å².